The second kappa shape index (κ2) is 5.89. The Hall–Kier alpha value is -1.03. The number of carbonyl (C=O) groups excluding carboxylic acids is 1. The predicted molar refractivity (Wildman–Crippen MR) is 63.3 cm³/mol. The summed E-state index contributed by atoms with van der Waals surface area (Å²) in [6, 6.07) is 5.68. The Balaban J connectivity index is 2.69. The van der Waals surface area contributed by atoms with Crippen LogP contribution in [0.4, 0.5) is 4.39 Å². The number of hydrogen-bond donors (Lipinski definition) is 0. The van der Waals surface area contributed by atoms with Crippen LogP contribution in [0.5, 0.6) is 0 Å². The first-order chi connectivity index (χ1) is 7.54. The Labute approximate surface area is 99.2 Å². The smallest absolute Gasteiger partial charge is 0.351 e. The molecule has 0 saturated carbocycles. The fraction of sp³-hybridized carbons (Fsp3) is 0.417. The lowest BCUT2D eigenvalue weighted by molar-refractivity contribution is -0.145. The quantitative estimate of drug-likeness (QED) is 0.599. The Bertz CT molecular complexity index is 379. The molecular weight excluding hydrogens is 227 g/mol. The van der Waals surface area contributed by atoms with E-state index in [1.807, 2.05) is 32.0 Å². The van der Waals surface area contributed by atoms with Crippen molar-refractivity contribution in [2.45, 2.75) is 31.2 Å². The normalized spacial score (nSPS) is 12.2. The third-order valence-corrected chi connectivity index (χ3v) is 3.14. The van der Waals surface area contributed by atoms with Crippen molar-refractivity contribution in [3.63, 3.8) is 0 Å². The summed E-state index contributed by atoms with van der Waals surface area (Å²) < 4.78 is 18.0. The van der Waals surface area contributed by atoms with E-state index in [-0.39, 0.29) is 6.61 Å². The van der Waals surface area contributed by atoms with Crippen LogP contribution in [-0.4, -0.2) is 18.1 Å². The molecule has 0 aromatic heterocycles. The van der Waals surface area contributed by atoms with Crippen LogP contribution < -0.4 is 0 Å². The maximum Gasteiger partial charge on any atom is 0.351 e. The molecule has 4 heteroatoms. The number of alkyl halides is 1. The largest absolute Gasteiger partial charge is 0.463 e. The zero-order chi connectivity index (χ0) is 12.1. The van der Waals surface area contributed by atoms with Gasteiger partial charge >= 0.3 is 5.97 Å². The molecule has 1 aromatic carbocycles. The lowest BCUT2D eigenvalue weighted by atomic mass is 10.2. The zero-order valence-electron chi connectivity index (χ0n) is 9.62. The van der Waals surface area contributed by atoms with Gasteiger partial charge in [0.15, 0.2) is 0 Å². The first kappa shape index (κ1) is 13.0. The summed E-state index contributed by atoms with van der Waals surface area (Å²) in [5, 5.41) is 0. The molecule has 0 bridgehead atoms. The van der Waals surface area contributed by atoms with Gasteiger partial charge in [0.25, 0.3) is 0 Å². The van der Waals surface area contributed by atoms with E-state index >= 15 is 0 Å². The maximum atomic E-state index is 13.4. The van der Waals surface area contributed by atoms with Crippen molar-refractivity contribution in [2.24, 2.45) is 0 Å². The summed E-state index contributed by atoms with van der Waals surface area (Å²) in [6.45, 7) is 5.73. The topological polar surface area (TPSA) is 26.3 Å². The van der Waals surface area contributed by atoms with E-state index in [0.29, 0.717) is 0 Å². The number of aryl methyl sites for hydroxylation is 2. The molecule has 0 aliphatic rings. The highest BCUT2D eigenvalue weighted by molar-refractivity contribution is 8.00. The van der Waals surface area contributed by atoms with E-state index < -0.39 is 11.5 Å². The van der Waals surface area contributed by atoms with Crippen LogP contribution in [0.15, 0.2) is 23.1 Å². The summed E-state index contributed by atoms with van der Waals surface area (Å²) in [6.07, 6.45) is 0. The van der Waals surface area contributed by atoms with Gasteiger partial charge in [0.1, 0.15) is 0 Å². The van der Waals surface area contributed by atoms with Crippen LogP contribution in [0.2, 0.25) is 0 Å². The molecule has 2 nitrogen and oxygen atoms in total. The molecule has 0 heterocycles. The molecule has 0 N–H and O–H groups in total. The highest BCUT2D eigenvalue weighted by atomic mass is 32.2. The standard InChI is InChI=1S/C12H15FO2S/c1-4-15-12(14)11(13)16-10-6-5-8(2)7-9(10)3/h5-7,11H,4H2,1-3H3. The molecule has 0 saturated heterocycles. The molecule has 88 valence electrons. The number of carbonyl (C=O) groups is 1. The molecule has 1 atom stereocenters. The molecular formula is C12H15FO2S. The summed E-state index contributed by atoms with van der Waals surface area (Å²) in [5.74, 6) is -0.813. The van der Waals surface area contributed by atoms with Crippen LogP contribution in [-0.2, 0) is 9.53 Å². The van der Waals surface area contributed by atoms with E-state index in [1.165, 1.54) is 0 Å². The van der Waals surface area contributed by atoms with Crippen LogP contribution >= 0.6 is 11.8 Å². The van der Waals surface area contributed by atoms with Crippen LogP contribution in [0.25, 0.3) is 0 Å². The zero-order valence-corrected chi connectivity index (χ0v) is 10.4. The van der Waals surface area contributed by atoms with Crippen molar-refractivity contribution < 1.29 is 13.9 Å². The lowest BCUT2D eigenvalue weighted by Crippen LogP contribution is -2.15. The summed E-state index contributed by atoms with van der Waals surface area (Å²) in [4.78, 5) is 11.9. The fourth-order valence-electron chi connectivity index (χ4n) is 1.30. The number of esters is 1. The van der Waals surface area contributed by atoms with Gasteiger partial charge in [0.2, 0.25) is 5.50 Å². The van der Waals surface area contributed by atoms with Gasteiger partial charge in [0, 0.05) is 4.90 Å². The van der Waals surface area contributed by atoms with Gasteiger partial charge in [-0.25, -0.2) is 9.18 Å². The van der Waals surface area contributed by atoms with Crippen molar-refractivity contribution >= 4 is 17.7 Å². The molecule has 0 spiro atoms. The Kier molecular flexibility index (Phi) is 4.80. The van der Waals surface area contributed by atoms with Crippen molar-refractivity contribution in [1.82, 2.24) is 0 Å². The van der Waals surface area contributed by atoms with E-state index in [1.54, 1.807) is 6.92 Å². The third kappa shape index (κ3) is 3.52. The van der Waals surface area contributed by atoms with Crippen molar-refractivity contribution in [2.75, 3.05) is 6.61 Å². The van der Waals surface area contributed by atoms with Gasteiger partial charge in [-0.1, -0.05) is 29.5 Å². The predicted octanol–water partition coefficient (Wildman–Crippen LogP) is 3.25. The Morgan fingerprint density at radius 3 is 2.75 bits per heavy atom. The summed E-state index contributed by atoms with van der Waals surface area (Å²) in [7, 11) is 0. The SMILES string of the molecule is CCOC(=O)C(F)Sc1ccc(C)cc1C. The monoisotopic (exact) mass is 242 g/mol. The lowest BCUT2D eigenvalue weighted by Gasteiger charge is -2.09. The van der Waals surface area contributed by atoms with Gasteiger partial charge in [-0.05, 0) is 32.4 Å². The molecule has 0 aliphatic carbocycles. The van der Waals surface area contributed by atoms with Gasteiger partial charge < -0.3 is 4.74 Å². The molecule has 0 radical (unpaired) electrons. The van der Waals surface area contributed by atoms with Crippen LogP contribution in [0.3, 0.4) is 0 Å². The van der Waals surface area contributed by atoms with Gasteiger partial charge in [-0.15, -0.1) is 0 Å². The number of rotatable bonds is 4. The number of benzene rings is 1. The first-order valence-electron chi connectivity index (χ1n) is 5.09. The summed E-state index contributed by atoms with van der Waals surface area (Å²) in [5.41, 5.74) is 0.437. The van der Waals surface area contributed by atoms with Gasteiger partial charge in [-0.3, -0.25) is 0 Å². The minimum atomic E-state index is -1.65. The van der Waals surface area contributed by atoms with Gasteiger partial charge in [0.05, 0.1) is 6.61 Å². The molecule has 1 aromatic rings. The highest BCUT2D eigenvalue weighted by Gasteiger charge is 2.20. The second-order valence-electron chi connectivity index (χ2n) is 3.45. The number of thioether (sulfide) groups is 1. The van der Waals surface area contributed by atoms with E-state index in [2.05, 4.69) is 4.74 Å². The minimum Gasteiger partial charge on any atom is -0.463 e. The molecule has 0 fully saturated rings. The molecule has 1 unspecified atom stereocenters. The fourth-order valence-corrected chi connectivity index (χ4v) is 2.08. The first-order valence-corrected chi connectivity index (χ1v) is 5.97. The number of ether oxygens (including phenoxy) is 1. The molecule has 1 rings (SSSR count). The minimum absolute atomic E-state index is 0.201. The van der Waals surface area contributed by atoms with E-state index in [4.69, 9.17) is 0 Å². The van der Waals surface area contributed by atoms with Gasteiger partial charge in [-0.2, -0.15) is 0 Å². The maximum absolute atomic E-state index is 13.4. The van der Waals surface area contributed by atoms with Crippen molar-refractivity contribution in [3.05, 3.63) is 29.3 Å². The average Bonchev–Trinajstić information content (AvgIpc) is 2.22. The summed E-state index contributed by atoms with van der Waals surface area (Å²) >= 11 is 0.886. The van der Waals surface area contributed by atoms with E-state index in [0.717, 1.165) is 27.8 Å². The second-order valence-corrected chi connectivity index (χ2v) is 4.54. The Morgan fingerprint density at radius 1 is 1.50 bits per heavy atom. The third-order valence-electron chi connectivity index (χ3n) is 2.03. The van der Waals surface area contributed by atoms with Crippen LogP contribution in [0.1, 0.15) is 18.1 Å². The van der Waals surface area contributed by atoms with Crippen molar-refractivity contribution in [3.8, 4) is 0 Å². The highest BCUT2D eigenvalue weighted by Crippen LogP contribution is 2.28. The molecule has 16 heavy (non-hydrogen) atoms. The number of halogens is 1. The molecule has 0 amide bonds. The van der Waals surface area contributed by atoms with Crippen molar-refractivity contribution in [1.29, 1.82) is 0 Å². The molecule has 0 aliphatic heterocycles. The average molecular weight is 242 g/mol. The number of hydrogen-bond acceptors (Lipinski definition) is 3. The van der Waals surface area contributed by atoms with Crippen LogP contribution in [0, 0.1) is 13.8 Å². The Morgan fingerprint density at radius 2 is 2.19 bits per heavy atom. The van der Waals surface area contributed by atoms with E-state index in [9.17, 15) is 9.18 Å².